The second kappa shape index (κ2) is 4.81. The van der Waals surface area contributed by atoms with Crippen LogP contribution in [0.25, 0.3) is 21.3 Å². The molecule has 0 radical (unpaired) electrons. The van der Waals surface area contributed by atoms with Crippen LogP contribution in [0, 0.1) is 6.92 Å². The van der Waals surface area contributed by atoms with E-state index in [1.54, 1.807) is 11.3 Å². The van der Waals surface area contributed by atoms with Gasteiger partial charge in [-0.05, 0) is 37.3 Å². The molecule has 0 spiro atoms. The zero-order valence-corrected chi connectivity index (χ0v) is 14.4. The average Bonchev–Trinajstić information content (AvgIpc) is 3.21. The van der Waals surface area contributed by atoms with Crippen LogP contribution in [0.15, 0.2) is 29.8 Å². The number of pyridine rings is 1. The van der Waals surface area contributed by atoms with Crippen molar-refractivity contribution in [1.82, 2.24) is 0 Å². The van der Waals surface area contributed by atoms with Gasteiger partial charge in [0.15, 0.2) is 6.20 Å². The minimum Gasteiger partial charge on any atom is -0.448 e. The molecule has 2 nitrogen and oxygen atoms in total. The van der Waals surface area contributed by atoms with Crippen molar-refractivity contribution in [1.29, 1.82) is 0 Å². The van der Waals surface area contributed by atoms with Crippen LogP contribution in [0.5, 0.6) is 11.5 Å². The number of hydrogen-bond donors (Lipinski definition) is 0. The molecule has 0 N–H and O–H groups in total. The van der Waals surface area contributed by atoms with Crippen LogP contribution < -0.4 is 9.30 Å². The number of aryl methyl sites for hydroxylation is 2. The normalized spacial score (nSPS) is 16.6. The zero-order chi connectivity index (χ0) is 15.6. The van der Waals surface area contributed by atoms with Crippen LogP contribution in [-0.2, 0) is 7.05 Å². The number of nitrogens with zero attached hydrogens (tertiary/aromatic N) is 1. The van der Waals surface area contributed by atoms with Gasteiger partial charge in [0.1, 0.15) is 12.8 Å². The molecule has 2 aromatic heterocycles. The molecule has 1 aliphatic heterocycles. The van der Waals surface area contributed by atoms with Crippen molar-refractivity contribution in [3.8, 4) is 22.8 Å². The van der Waals surface area contributed by atoms with Gasteiger partial charge in [-0.15, -0.1) is 11.3 Å². The van der Waals surface area contributed by atoms with E-state index >= 15 is 0 Å². The summed E-state index contributed by atoms with van der Waals surface area (Å²) in [4.78, 5) is 0. The van der Waals surface area contributed by atoms with Crippen LogP contribution in [0.1, 0.15) is 42.7 Å². The Bertz CT molecular complexity index is 934. The Morgan fingerprint density at radius 1 is 1.17 bits per heavy atom. The van der Waals surface area contributed by atoms with Gasteiger partial charge in [0.25, 0.3) is 5.69 Å². The molecule has 1 aromatic carbocycles. The maximum atomic E-state index is 6.46. The summed E-state index contributed by atoms with van der Waals surface area (Å²) in [7, 11) is 2.14. The highest BCUT2D eigenvalue weighted by molar-refractivity contribution is 7.17. The fourth-order valence-corrected chi connectivity index (χ4v) is 5.16. The summed E-state index contributed by atoms with van der Waals surface area (Å²) in [5.41, 5.74) is 5.36. The molecule has 0 unspecified atom stereocenters. The first-order valence-electron chi connectivity index (χ1n) is 8.45. The lowest BCUT2D eigenvalue weighted by Crippen LogP contribution is -2.32. The van der Waals surface area contributed by atoms with E-state index in [0.717, 1.165) is 11.5 Å². The lowest BCUT2D eigenvalue weighted by molar-refractivity contribution is -0.660. The van der Waals surface area contributed by atoms with Gasteiger partial charge in [0, 0.05) is 27.1 Å². The molecule has 0 bridgehead atoms. The van der Waals surface area contributed by atoms with Crippen LogP contribution in [0.3, 0.4) is 0 Å². The molecule has 5 rings (SSSR count). The second-order valence-electron chi connectivity index (χ2n) is 6.87. The van der Waals surface area contributed by atoms with E-state index in [1.807, 2.05) is 0 Å². The fourth-order valence-electron chi connectivity index (χ4n) is 4.29. The van der Waals surface area contributed by atoms with Crippen molar-refractivity contribution in [2.45, 2.75) is 38.5 Å². The smallest absolute Gasteiger partial charge is 0.256 e. The Balaban J connectivity index is 1.85. The van der Waals surface area contributed by atoms with Crippen LogP contribution >= 0.6 is 11.3 Å². The van der Waals surface area contributed by atoms with Gasteiger partial charge in [0.2, 0.25) is 5.75 Å². The molecular weight excluding hydrogens is 302 g/mol. The van der Waals surface area contributed by atoms with Crippen LogP contribution in [0.2, 0.25) is 0 Å². The molecule has 3 heterocycles. The minimum atomic E-state index is 0.657. The van der Waals surface area contributed by atoms with E-state index in [2.05, 4.69) is 48.3 Å². The molecule has 1 fully saturated rings. The summed E-state index contributed by atoms with van der Waals surface area (Å²) in [6.07, 6.45) is 7.50. The van der Waals surface area contributed by atoms with E-state index in [9.17, 15) is 0 Å². The summed E-state index contributed by atoms with van der Waals surface area (Å²) in [6.45, 7) is 2.22. The fraction of sp³-hybridized carbons (Fsp3) is 0.350. The Hall–Kier alpha value is -1.87. The van der Waals surface area contributed by atoms with Gasteiger partial charge in [0.05, 0.1) is 5.56 Å². The molecule has 0 saturated heterocycles. The first-order chi connectivity index (χ1) is 11.2. The summed E-state index contributed by atoms with van der Waals surface area (Å²) in [5.74, 6) is 2.80. The molecular formula is C20H20NOS+. The van der Waals surface area contributed by atoms with E-state index in [0.29, 0.717) is 5.92 Å². The maximum absolute atomic E-state index is 6.46. The molecule has 0 atom stereocenters. The molecule has 2 aliphatic rings. The monoisotopic (exact) mass is 322 g/mol. The van der Waals surface area contributed by atoms with Crippen LogP contribution in [-0.4, -0.2) is 0 Å². The van der Waals surface area contributed by atoms with Crippen molar-refractivity contribution in [3.05, 3.63) is 40.9 Å². The Kier molecular flexibility index (Phi) is 2.84. The first kappa shape index (κ1) is 13.6. The van der Waals surface area contributed by atoms with Gasteiger partial charge < -0.3 is 4.74 Å². The highest BCUT2D eigenvalue weighted by Gasteiger charge is 2.34. The molecule has 1 aliphatic carbocycles. The van der Waals surface area contributed by atoms with Gasteiger partial charge in [-0.1, -0.05) is 18.9 Å². The molecule has 23 heavy (non-hydrogen) atoms. The van der Waals surface area contributed by atoms with E-state index in [4.69, 9.17) is 4.74 Å². The third kappa shape index (κ3) is 1.83. The topological polar surface area (TPSA) is 13.1 Å². The van der Waals surface area contributed by atoms with E-state index in [-0.39, 0.29) is 0 Å². The van der Waals surface area contributed by atoms with Crippen molar-refractivity contribution < 1.29 is 9.30 Å². The third-order valence-electron chi connectivity index (χ3n) is 5.47. The molecule has 0 amide bonds. The summed E-state index contributed by atoms with van der Waals surface area (Å²) >= 11 is 1.78. The Morgan fingerprint density at radius 3 is 2.83 bits per heavy atom. The number of aromatic nitrogens is 1. The van der Waals surface area contributed by atoms with Crippen molar-refractivity contribution >= 4 is 21.4 Å². The van der Waals surface area contributed by atoms with Gasteiger partial charge in [-0.3, -0.25) is 0 Å². The number of fused-ring (bicyclic) bond motifs is 2. The standard InChI is InChI=1S/C20H20NOS/c1-12-7-8-16-18-15(11-23-16)22-20-14(13-5-3-4-6-13)9-10-21(2)19(20)17(12)18/h7-11,13H,3-6H2,1-2H3/q+1. The van der Waals surface area contributed by atoms with Gasteiger partial charge in [-0.2, -0.15) is 4.57 Å². The predicted octanol–water partition coefficient (Wildman–Crippen LogP) is 5.46. The highest BCUT2D eigenvalue weighted by Crippen LogP contribution is 2.52. The quantitative estimate of drug-likeness (QED) is 0.424. The molecule has 116 valence electrons. The van der Waals surface area contributed by atoms with Crippen molar-refractivity contribution in [2.24, 2.45) is 7.05 Å². The number of rotatable bonds is 1. The summed E-state index contributed by atoms with van der Waals surface area (Å²) < 4.78 is 10.0. The minimum absolute atomic E-state index is 0.657. The first-order valence-corrected chi connectivity index (χ1v) is 9.33. The number of benzene rings is 1. The number of hydrogen-bond acceptors (Lipinski definition) is 2. The van der Waals surface area contributed by atoms with Gasteiger partial charge in [-0.25, -0.2) is 0 Å². The average molecular weight is 322 g/mol. The highest BCUT2D eigenvalue weighted by atomic mass is 32.1. The van der Waals surface area contributed by atoms with E-state index in [1.165, 1.54) is 58.2 Å². The summed E-state index contributed by atoms with van der Waals surface area (Å²) in [6, 6.07) is 6.74. The molecule has 3 heteroatoms. The number of thiophene rings is 1. The third-order valence-corrected chi connectivity index (χ3v) is 6.39. The van der Waals surface area contributed by atoms with E-state index < -0.39 is 0 Å². The lowest BCUT2D eigenvalue weighted by Gasteiger charge is -2.22. The lowest BCUT2D eigenvalue weighted by atomic mass is 9.91. The van der Waals surface area contributed by atoms with Crippen molar-refractivity contribution in [2.75, 3.05) is 0 Å². The number of ether oxygens (including phenoxy) is 1. The molecule has 1 saturated carbocycles. The summed E-state index contributed by atoms with van der Waals surface area (Å²) in [5, 5.41) is 3.46. The molecule has 3 aromatic rings. The predicted molar refractivity (Wildman–Crippen MR) is 94.5 cm³/mol. The Labute approximate surface area is 140 Å². The largest absolute Gasteiger partial charge is 0.448 e. The maximum Gasteiger partial charge on any atom is 0.256 e. The zero-order valence-electron chi connectivity index (χ0n) is 13.6. The SMILES string of the molecule is Cc1ccc2scc3c2c1-c1c(c(C2CCCC2)cc[n+]1C)O3. The van der Waals surface area contributed by atoms with Crippen LogP contribution in [0.4, 0.5) is 0 Å². The van der Waals surface area contributed by atoms with Gasteiger partial charge >= 0.3 is 0 Å². The van der Waals surface area contributed by atoms with Crippen molar-refractivity contribution in [3.63, 3.8) is 0 Å². The Morgan fingerprint density at radius 2 is 2.00 bits per heavy atom. The second-order valence-corrected chi connectivity index (χ2v) is 7.78.